The lowest BCUT2D eigenvalue weighted by atomic mass is 9.92. The Morgan fingerprint density at radius 2 is 1.72 bits per heavy atom. The normalized spacial score (nSPS) is 16.1. The lowest BCUT2D eigenvalue weighted by Crippen LogP contribution is -2.48. The van der Waals surface area contributed by atoms with E-state index in [-0.39, 0.29) is 36.0 Å². The molecule has 0 saturated carbocycles. The van der Waals surface area contributed by atoms with Crippen LogP contribution in [0.15, 0.2) is 91.3 Å². The molecule has 0 radical (unpaired) electrons. The van der Waals surface area contributed by atoms with E-state index in [1.54, 1.807) is 17.3 Å². The molecular formula is C40H44N6O4. The van der Waals surface area contributed by atoms with Gasteiger partial charge in [-0.3, -0.25) is 4.79 Å². The summed E-state index contributed by atoms with van der Waals surface area (Å²) in [5.41, 5.74) is 3.82. The molecule has 2 amide bonds. The van der Waals surface area contributed by atoms with Crippen LogP contribution in [-0.4, -0.2) is 51.0 Å². The van der Waals surface area contributed by atoms with E-state index in [2.05, 4.69) is 27.5 Å². The van der Waals surface area contributed by atoms with Crippen LogP contribution in [-0.2, 0) is 16.1 Å². The molecule has 0 unspecified atom stereocenters. The maximum Gasteiger partial charge on any atom is 0.410 e. The zero-order valence-corrected chi connectivity index (χ0v) is 29.3. The number of nitrogens with zero attached hydrogens (tertiary/aromatic N) is 4. The van der Waals surface area contributed by atoms with Gasteiger partial charge in [-0.05, 0) is 60.1 Å². The van der Waals surface area contributed by atoms with E-state index >= 15 is 0 Å². The molecule has 10 heteroatoms. The summed E-state index contributed by atoms with van der Waals surface area (Å²) in [6, 6.07) is 25.0. The summed E-state index contributed by atoms with van der Waals surface area (Å²) in [5, 5.41) is 8.28. The van der Waals surface area contributed by atoms with Gasteiger partial charge in [0.05, 0.1) is 11.3 Å². The number of nitrogens with one attached hydrogen (secondary N) is 2. The van der Waals surface area contributed by atoms with Crippen LogP contribution < -0.4 is 15.4 Å². The highest BCUT2D eigenvalue weighted by Crippen LogP contribution is 2.39. The van der Waals surface area contributed by atoms with Gasteiger partial charge < -0.3 is 25.0 Å². The Kier molecular flexibility index (Phi) is 10.3. The molecule has 1 aliphatic rings. The monoisotopic (exact) mass is 672 g/mol. The maximum atomic E-state index is 13.0. The predicted octanol–water partition coefficient (Wildman–Crippen LogP) is 8.63. The maximum absolute atomic E-state index is 13.0. The number of amides is 2. The van der Waals surface area contributed by atoms with Crippen LogP contribution in [0.1, 0.15) is 51.7 Å². The molecule has 1 aliphatic heterocycles. The van der Waals surface area contributed by atoms with Gasteiger partial charge in [-0.1, -0.05) is 82.3 Å². The van der Waals surface area contributed by atoms with Crippen molar-refractivity contribution in [2.24, 2.45) is 11.3 Å². The molecule has 5 aromatic rings. The minimum absolute atomic E-state index is 0.0355. The quantitative estimate of drug-likeness (QED) is 0.160. The van der Waals surface area contributed by atoms with Crippen molar-refractivity contribution >= 4 is 34.4 Å². The van der Waals surface area contributed by atoms with Crippen LogP contribution >= 0.6 is 0 Å². The number of anilines is 2. The van der Waals surface area contributed by atoms with Crippen molar-refractivity contribution in [1.82, 2.24) is 19.9 Å². The fraction of sp³-hybridized carbons (Fsp3) is 0.325. The number of aromatic nitrogens is 3. The fourth-order valence-corrected chi connectivity index (χ4v) is 6.30. The van der Waals surface area contributed by atoms with Gasteiger partial charge in [0.25, 0.3) is 0 Å². The topological polar surface area (TPSA) is 119 Å². The molecule has 2 N–H and O–H groups in total. The van der Waals surface area contributed by atoms with Gasteiger partial charge in [0.15, 0.2) is 0 Å². The van der Waals surface area contributed by atoms with E-state index < -0.39 is 0 Å². The lowest BCUT2D eigenvalue weighted by Gasteiger charge is -2.36. The van der Waals surface area contributed by atoms with Crippen molar-refractivity contribution in [2.45, 2.75) is 60.1 Å². The second-order valence-corrected chi connectivity index (χ2v) is 14.2. The minimum atomic E-state index is -0.331. The fourth-order valence-electron chi connectivity index (χ4n) is 6.30. The number of carbonyl (C=O) groups excluding carboxylic acids is 2. The van der Waals surface area contributed by atoms with Gasteiger partial charge in [-0.2, -0.15) is 0 Å². The van der Waals surface area contributed by atoms with E-state index in [0.29, 0.717) is 48.3 Å². The molecule has 3 heterocycles. The first-order valence-corrected chi connectivity index (χ1v) is 17.0. The second kappa shape index (κ2) is 14.9. The summed E-state index contributed by atoms with van der Waals surface area (Å²) in [7, 11) is 0. The average molecular weight is 673 g/mol. The third kappa shape index (κ3) is 8.55. The first-order chi connectivity index (χ1) is 24.0. The first kappa shape index (κ1) is 34.4. The van der Waals surface area contributed by atoms with Crippen molar-refractivity contribution in [3.05, 3.63) is 102 Å². The van der Waals surface area contributed by atoms with Gasteiger partial charge in [-0.25, -0.2) is 19.7 Å². The predicted molar refractivity (Wildman–Crippen MR) is 196 cm³/mol. The molecule has 2 atom stereocenters. The number of benzene rings is 3. The van der Waals surface area contributed by atoms with Crippen LogP contribution in [0.3, 0.4) is 0 Å². The molecule has 2 aromatic heterocycles. The minimum Gasteiger partial charge on any atom is -0.445 e. The van der Waals surface area contributed by atoms with Gasteiger partial charge in [-0.15, -0.1) is 0 Å². The number of carbonyl (C=O) groups is 2. The summed E-state index contributed by atoms with van der Waals surface area (Å²) >= 11 is 0. The Bertz CT molecular complexity index is 1980. The van der Waals surface area contributed by atoms with Gasteiger partial charge in [0.1, 0.15) is 12.4 Å². The summed E-state index contributed by atoms with van der Waals surface area (Å²) < 4.78 is 12.2. The smallest absolute Gasteiger partial charge is 0.410 e. The molecule has 50 heavy (non-hydrogen) atoms. The third-order valence-electron chi connectivity index (χ3n) is 8.53. The van der Waals surface area contributed by atoms with Gasteiger partial charge >= 0.3 is 6.09 Å². The molecular weight excluding hydrogens is 628 g/mol. The second-order valence-electron chi connectivity index (χ2n) is 14.2. The Labute approximate surface area is 293 Å². The van der Waals surface area contributed by atoms with E-state index in [1.165, 1.54) is 0 Å². The summed E-state index contributed by atoms with van der Waals surface area (Å²) in [6.07, 6.45) is 4.32. The largest absolute Gasteiger partial charge is 0.445 e. The van der Waals surface area contributed by atoms with E-state index in [4.69, 9.17) is 14.5 Å². The molecule has 1 fully saturated rings. The number of ether oxygens (including phenoxy) is 2. The number of hydrogen-bond donors (Lipinski definition) is 2. The number of piperidine rings is 1. The van der Waals surface area contributed by atoms with Crippen molar-refractivity contribution in [1.29, 1.82) is 0 Å². The highest BCUT2D eigenvalue weighted by atomic mass is 16.6. The van der Waals surface area contributed by atoms with Crippen LogP contribution in [0.5, 0.6) is 11.6 Å². The van der Waals surface area contributed by atoms with Crippen molar-refractivity contribution in [3.63, 3.8) is 0 Å². The Balaban J connectivity index is 1.19. The number of rotatable bonds is 9. The molecule has 258 valence electrons. The van der Waals surface area contributed by atoms with Crippen molar-refractivity contribution in [2.75, 3.05) is 23.7 Å². The molecule has 0 aliphatic carbocycles. The Morgan fingerprint density at radius 1 is 0.900 bits per heavy atom. The molecule has 0 bridgehead atoms. The number of likely N-dealkylation sites (tertiary alicyclic amines) is 1. The molecule has 1 saturated heterocycles. The van der Waals surface area contributed by atoms with Crippen molar-refractivity contribution < 1.29 is 19.1 Å². The standard InChI is InChI=1S/C40H44N6O4/c1-26-21-29(24-46(23-26)39(48)49-25-28-11-7-6-8-12-28)43-38-42-20-18-34(45-38)32-14-10-19-41-37(32)50-36-27(2)16-17-30-31(36)13-9-15-33(30)44-35(47)22-40(3,4)5/h6-20,26,29H,21-25H2,1-5H3,(H,44,47)(H,42,43,45)/t26-,29+/m1/s1. The highest BCUT2D eigenvalue weighted by Gasteiger charge is 2.29. The zero-order chi connectivity index (χ0) is 35.3. The summed E-state index contributed by atoms with van der Waals surface area (Å²) in [5.74, 6) is 1.73. The third-order valence-corrected chi connectivity index (χ3v) is 8.53. The van der Waals surface area contributed by atoms with Crippen LogP contribution in [0.25, 0.3) is 22.0 Å². The van der Waals surface area contributed by atoms with Crippen LogP contribution in [0, 0.1) is 18.3 Å². The van der Waals surface area contributed by atoms with E-state index in [1.807, 2.05) is 107 Å². The van der Waals surface area contributed by atoms with Crippen LogP contribution in [0.2, 0.25) is 0 Å². The van der Waals surface area contributed by atoms with E-state index in [9.17, 15) is 9.59 Å². The molecule has 10 nitrogen and oxygen atoms in total. The highest BCUT2D eigenvalue weighted by molar-refractivity contribution is 6.04. The number of pyridine rings is 1. The summed E-state index contributed by atoms with van der Waals surface area (Å²) in [4.78, 5) is 41.5. The Hall–Kier alpha value is -5.51. The number of fused-ring (bicyclic) bond motifs is 1. The van der Waals surface area contributed by atoms with Gasteiger partial charge in [0, 0.05) is 54.4 Å². The van der Waals surface area contributed by atoms with Gasteiger partial charge in [0.2, 0.25) is 17.7 Å². The lowest BCUT2D eigenvalue weighted by molar-refractivity contribution is -0.117. The van der Waals surface area contributed by atoms with Crippen molar-refractivity contribution in [3.8, 4) is 22.9 Å². The van der Waals surface area contributed by atoms with E-state index in [0.717, 1.165) is 34.0 Å². The first-order valence-electron chi connectivity index (χ1n) is 17.0. The SMILES string of the molecule is Cc1ccc2c(NC(=O)CC(C)(C)C)cccc2c1Oc1ncccc1-c1ccnc(N[C@H]2C[C@@H](C)CN(C(=O)OCc3ccccc3)C2)n1. The van der Waals surface area contributed by atoms with Crippen LogP contribution in [0.4, 0.5) is 16.4 Å². The average Bonchev–Trinajstić information content (AvgIpc) is 3.08. The number of hydrogen-bond acceptors (Lipinski definition) is 8. The molecule has 3 aromatic carbocycles. The summed E-state index contributed by atoms with van der Waals surface area (Å²) in [6.45, 7) is 11.6. The zero-order valence-electron chi connectivity index (χ0n) is 29.3. The molecule has 0 spiro atoms. The Morgan fingerprint density at radius 3 is 2.52 bits per heavy atom. The number of aryl methyl sites for hydroxylation is 1. The molecule has 6 rings (SSSR count).